The molecule has 1 unspecified atom stereocenters. The topological polar surface area (TPSA) is 42.7 Å². The van der Waals surface area contributed by atoms with E-state index >= 15 is 0 Å². The van der Waals surface area contributed by atoms with Crippen molar-refractivity contribution in [1.29, 1.82) is 0 Å². The smallest absolute Gasteiger partial charge is 0.183 e. The Labute approximate surface area is 108 Å². The van der Waals surface area contributed by atoms with Crippen LogP contribution in [0.25, 0.3) is 11.0 Å². The summed E-state index contributed by atoms with van der Waals surface area (Å²) < 4.78 is 2.09. The van der Waals surface area contributed by atoms with Gasteiger partial charge in [0.2, 0.25) is 0 Å². The molecule has 0 fully saturated rings. The molecule has 0 saturated carbocycles. The maximum atomic E-state index is 4.64. The average molecular weight is 256 g/mol. The van der Waals surface area contributed by atoms with Gasteiger partial charge in [0.25, 0.3) is 0 Å². The summed E-state index contributed by atoms with van der Waals surface area (Å²) in [6, 6.07) is 8.66. The highest BCUT2D eigenvalue weighted by Gasteiger charge is 2.25. The van der Waals surface area contributed by atoms with Crippen molar-refractivity contribution >= 4 is 28.2 Å². The summed E-state index contributed by atoms with van der Waals surface area (Å²) in [5.41, 5.74) is 0.823. The summed E-state index contributed by atoms with van der Waals surface area (Å²) in [6.07, 6.45) is 2.86. The van der Waals surface area contributed by atoms with Crippen LogP contribution in [0.3, 0.4) is 0 Å². The van der Waals surface area contributed by atoms with Crippen molar-refractivity contribution in [3.63, 3.8) is 0 Å². The van der Waals surface area contributed by atoms with Crippen LogP contribution in [-0.4, -0.2) is 21.3 Å². The van der Waals surface area contributed by atoms with Gasteiger partial charge in [-0.25, -0.2) is 9.67 Å². The molecule has 4 nitrogen and oxygen atoms in total. The number of fused-ring (bicyclic) bond motifs is 3. The van der Waals surface area contributed by atoms with E-state index in [1.807, 2.05) is 6.07 Å². The van der Waals surface area contributed by atoms with Crippen molar-refractivity contribution < 1.29 is 0 Å². The number of aromatic nitrogens is 3. The quantitative estimate of drug-likeness (QED) is 0.728. The van der Waals surface area contributed by atoms with E-state index in [1.165, 1.54) is 4.88 Å². The Morgan fingerprint density at radius 3 is 3.22 bits per heavy atom. The number of pyridine rings is 1. The minimum absolute atomic E-state index is 0.343. The molecule has 1 atom stereocenters. The fourth-order valence-corrected chi connectivity index (χ4v) is 3.38. The van der Waals surface area contributed by atoms with Gasteiger partial charge in [0, 0.05) is 17.6 Å². The van der Waals surface area contributed by atoms with Crippen LogP contribution < -0.4 is 5.32 Å². The first-order valence-corrected chi connectivity index (χ1v) is 6.92. The predicted octanol–water partition coefficient (Wildman–Crippen LogP) is 2.90. The van der Waals surface area contributed by atoms with E-state index in [1.54, 1.807) is 17.5 Å². The molecule has 1 aliphatic heterocycles. The van der Waals surface area contributed by atoms with Crippen LogP contribution in [0.2, 0.25) is 0 Å². The highest BCUT2D eigenvalue weighted by atomic mass is 32.1. The van der Waals surface area contributed by atoms with Crippen molar-refractivity contribution in [2.45, 2.75) is 12.5 Å². The molecule has 3 aromatic heterocycles. The zero-order chi connectivity index (χ0) is 11.9. The third-order valence-corrected chi connectivity index (χ3v) is 4.32. The Morgan fingerprint density at radius 1 is 1.33 bits per heavy atom. The molecule has 1 N–H and O–H groups in total. The van der Waals surface area contributed by atoms with Crippen molar-refractivity contribution in [1.82, 2.24) is 14.8 Å². The lowest BCUT2D eigenvalue weighted by atomic mass is 10.1. The van der Waals surface area contributed by atoms with Gasteiger partial charge in [-0.3, -0.25) is 0 Å². The summed E-state index contributed by atoms with van der Waals surface area (Å²) in [4.78, 5) is 5.70. The maximum absolute atomic E-state index is 4.64. The molecule has 4 heterocycles. The lowest BCUT2D eigenvalue weighted by Crippen LogP contribution is -2.23. The van der Waals surface area contributed by atoms with E-state index in [0.717, 1.165) is 29.8 Å². The summed E-state index contributed by atoms with van der Waals surface area (Å²) in [5, 5.41) is 11.3. The van der Waals surface area contributed by atoms with Crippen LogP contribution in [0.4, 0.5) is 5.82 Å². The molecule has 0 bridgehead atoms. The van der Waals surface area contributed by atoms with E-state index in [-0.39, 0.29) is 0 Å². The Bertz CT molecular complexity index is 686. The SMILES string of the molecule is c1csc(C2CCNc3c4cccnc4nn32)c1. The number of nitrogens with zero attached hydrogens (tertiary/aromatic N) is 3. The van der Waals surface area contributed by atoms with Gasteiger partial charge in [0.15, 0.2) is 5.65 Å². The Kier molecular flexibility index (Phi) is 2.14. The van der Waals surface area contributed by atoms with Gasteiger partial charge < -0.3 is 5.32 Å². The number of thiophene rings is 1. The first-order chi connectivity index (χ1) is 8.93. The van der Waals surface area contributed by atoms with E-state index < -0.39 is 0 Å². The van der Waals surface area contributed by atoms with Crippen LogP contribution in [-0.2, 0) is 0 Å². The average Bonchev–Trinajstić information content (AvgIpc) is 3.05. The zero-order valence-electron chi connectivity index (χ0n) is 9.71. The van der Waals surface area contributed by atoms with Crippen molar-refractivity contribution in [3.8, 4) is 0 Å². The predicted molar refractivity (Wildman–Crippen MR) is 73.1 cm³/mol. The Balaban J connectivity index is 1.94. The van der Waals surface area contributed by atoms with Crippen LogP contribution in [0.15, 0.2) is 35.8 Å². The summed E-state index contributed by atoms with van der Waals surface area (Å²) >= 11 is 1.79. The molecule has 1 aliphatic rings. The van der Waals surface area contributed by atoms with Gasteiger partial charge >= 0.3 is 0 Å². The maximum Gasteiger partial charge on any atom is 0.183 e. The van der Waals surface area contributed by atoms with Gasteiger partial charge in [0.1, 0.15) is 5.82 Å². The number of hydrogen-bond acceptors (Lipinski definition) is 4. The number of nitrogens with one attached hydrogen (secondary N) is 1. The normalized spacial score (nSPS) is 18.6. The van der Waals surface area contributed by atoms with Crippen LogP contribution in [0.1, 0.15) is 17.3 Å². The number of anilines is 1. The third kappa shape index (κ3) is 1.37. The van der Waals surface area contributed by atoms with Gasteiger partial charge in [-0.05, 0) is 30.0 Å². The minimum atomic E-state index is 0.343. The van der Waals surface area contributed by atoms with Gasteiger partial charge in [-0.15, -0.1) is 16.4 Å². The molecule has 0 saturated heterocycles. The Hall–Kier alpha value is -1.88. The molecule has 5 heteroatoms. The van der Waals surface area contributed by atoms with Crippen LogP contribution in [0, 0.1) is 0 Å². The van der Waals surface area contributed by atoms with E-state index in [4.69, 9.17) is 0 Å². The standard InChI is InChI=1S/C13H12N4S/c1-3-9-12(14-6-1)16-17-10(5-7-15-13(9)17)11-4-2-8-18-11/h1-4,6,8,10,15H,5,7H2. The lowest BCUT2D eigenvalue weighted by molar-refractivity contribution is 0.492. The molecule has 0 spiro atoms. The van der Waals surface area contributed by atoms with Crippen molar-refractivity contribution in [2.75, 3.05) is 11.9 Å². The summed E-state index contributed by atoms with van der Waals surface area (Å²) in [7, 11) is 0. The Morgan fingerprint density at radius 2 is 2.33 bits per heavy atom. The third-order valence-electron chi connectivity index (χ3n) is 3.35. The van der Waals surface area contributed by atoms with Crippen LogP contribution in [0.5, 0.6) is 0 Å². The highest BCUT2D eigenvalue weighted by molar-refractivity contribution is 7.10. The molecule has 4 rings (SSSR count). The van der Waals surface area contributed by atoms with E-state index in [9.17, 15) is 0 Å². The van der Waals surface area contributed by atoms with Crippen LogP contribution >= 0.6 is 11.3 Å². The molecule has 0 amide bonds. The molecule has 0 aliphatic carbocycles. The molecule has 90 valence electrons. The summed E-state index contributed by atoms with van der Waals surface area (Å²) in [6.45, 7) is 0.984. The monoisotopic (exact) mass is 256 g/mol. The molecule has 18 heavy (non-hydrogen) atoms. The largest absolute Gasteiger partial charge is 0.370 e. The van der Waals surface area contributed by atoms with E-state index in [0.29, 0.717) is 6.04 Å². The fourth-order valence-electron chi connectivity index (χ4n) is 2.53. The van der Waals surface area contributed by atoms with Gasteiger partial charge in [-0.2, -0.15) is 0 Å². The van der Waals surface area contributed by atoms with E-state index in [2.05, 4.69) is 43.7 Å². The van der Waals surface area contributed by atoms with Crippen molar-refractivity contribution in [3.05, 3.63) is 40.7 Å². The molecule has 0 aromatic carbocycles. The molecular formula is C13H12N4S. The molecular weight excluding hydrogens is 244 g/mol. The summed E-state index contributed by atoms with van der Waals surface area (Å²) in [5.74, 6) is 1.10. The minimum Gasteiger partial charge on any atom is -0.370 e. The zero-order valence-corrected chi connectivity index (χ0v) is 10.5. The second-order valence-electron chi connectivity index (χ2n) is 4.41. The lowest BCUT2D eigenvalue weighted by Gasteiger charge is -2.24. The fraction of sp³-hybridized carbons (Fsp3) is 0.231. The second kappa shape index (κ2) is 3.81. The second-order valence-corrected chi connectivity index (χ2v) is 5.39. The number of rotatable bonds is 1. The van der Waals surface area contributed by atoms with Gasteiger partial charge in [0.05, 0.1) is 11.4 Å². The van der Waals surface area contributed by atoms with Crippen molar-refractivity contribution in [2.24, 2.45) is 0 Å². The molecule has 3 aromatic rings. The molecule has 0 radical (unpaired) electrons. The van der Waals surface area contributed by atoms with Gasteiger partial charge in [-0.1, -0.05) is 6.07 Å². The first-order valence-electron chi connectivity index (χ1n) is 6.04. The first kappa shape index (κ1) is 10.1. The number of hydrogen-bond donors (Lipinski definition) is 1. The highest BCUT2D eigenvalue weighted by Crippen LogP contribution is 2.35.